The van der Waals surface area contributed by atoms with E-state index in [1.807, 2.05) is 0 Å². The Hall–Kier alpha value is -7.36. The number of nitrogens with zero attached hydrogens (tertiary/aromatic N) is 2. The van der Waals surface area contributed by atoms with Crippen LogP contribution in [0.5, 0.6) is 0 Å². The van der Waals surface area contributed by atoms with Gasteiger partial charge in [-0.15, -0.1) is 0 Å². The zero-order chi connectivity index (χ0) is 36.6. The van der Waals surface area contributed by atoms with Crippen LogP contribution in [0.3, 0.4) is 0 Å². The van der Waals surface area contributed by atoms with Crippen molar-refractivity contribution in [2.75, 3.05) is 9.80 Å². The highest BCUT2D eigenvalue weighted by Gasteiger charge is 2.28. The molecular formula is C52H36N2O. The summed E-state index contributed by atoms with van der Waals surface area (Å²) in [7, 11) is 0. The number of hydrogen-bond donors (Lipinski definition) is 0. The van der Waals surface area contributed by atoms with Crippen molar-refractivity contribution in [3.8, 4) is 22.3 Å². The van der Waals surface area contributed by atoms with Gasteiger partial charge in [0.25, 0.3) is 0 Å². The van der Waals surface area contributed by atoms with Crippen LogP contribution in [0.1, 0.15) is 0 Å². The smallest absolute Gasteiger partial charge is 0.137 e. The highest BCUT2D eigenvalue weighted by Crippen LogP contribution is 2.53. The minimum Gasteiger partial charge on any atom is -0.456 e. The van der Waals surface area contributed by atoms with Gasteiger partial charge in [0.2, 0.25) is 0 Å². The molecule has 0 spiro atoms. The van der Waals surface area contributed by atoms with Crippen molar-refractivity contribution in [3.05, 3.63) is 218 Å². The van der Waals surface area contributed by atoms with Gasteiger partial charge in [-0.05, 0) is 94.2 Å². The third kappa shape index (κ3) is 5.89. The highest BCUT2D eigenvalue weighted by molar-refractivity contribution is 6.20. The van der Waals surface area contributed by atoms with Crippen molar-refractivity contribution < 1.29 is 4.42 Å². The van der Waals surface area contributed by atoms with Crippen LogP contribution in [-0.2, 0) is 0 Å². The molecule has 0 bridgehead atoms. The van der Waals surface area contributed by atoms with Gasteiger partial charge in [0, 0.05) is 28.0 Å². The van der Waals surface area contributed by atoms with Crippen LogP contribution >= 0.6 is 0 Å². The second kappa shape index (κ2) is 13.9. The van der Waals surface area contributed by atoms with Crippen molar-refractivity contribution in [3.63, 3.8) is 0 Å². The average Bonchev–Trinajstić information content (AvgIpc) is 3.63. The first-order valence-electron chi connectivity index (χ1n) is 18.7. The van der Waals surface area contributed by atoms with Crippen molar-refractivity contribution >= 4 is 66.8 Å². The predicted octanol–water partition coefficient (Wildman–Crippen LogP) is 15.0. The van der Waals surface area contributed by atoms with Gasteiger partial charge in [-0.1, -0.05) is 152 Å². The zero-order valence-corrected chi connectivity index (χ0v) is 30.1. The Morgan fingerprint density at radius 2 is 0.836 bits per heavy atom. The van der Waals surface area contributed by atoms with E-state index in [0.29, 0.717) is 0 Å². The Morgan fingerprint density at radius 3 is 1.51 bits per heavy atom. The van der Waals surface area contributed by atoms with Crippen molar-refractivity contribution in [2.24, 2.45) is 0 Å². The summed E-state index contributed by atoms with van der Waals surface area (Å²) < 4.78 is 6.80. The molecular weight excluding hydrogens is 669 g/mol. The molecule has 0 unspecified atom stereocenters. The summed E-state index contributed by atoms with van der Waals surface area (Å²) in [6.07, 6.45) is 0. The molecule has 0 aliphatic heterocycles. The summed E-state index contributed by atoms with van der Waals surface area (Å²) in [5.74, 6) is 0. The van der Waals surface area contributed by atoms with E-state index in [2.05, 4.69) is 228 Å². The lowest BCUT2D eigenvalue weighted by Gasteiger charge is -2.34. The summed E-state index contributed by atoms with van der Waals surface area (Å²) in [4.78, 5) is 4.81. The van der Waals surface area contributed by atoms with Crippen molar-refractivity contribution in [1.29, 1.82) is 0 Å². The normalized spacial score (nSPS) is 11.3. The molecule has 0 aliphatic rings. The Labute approximate surface area is 320 Å². The van der Waals surface area contributed by atoms with Gasteiger partial charge in [-0.2, -0.15) is 0 Å². The Balaban J connectivity index is 1.32. The molecule has 3 nitrogen and oxygen atoms in total. The summed E-state index contributed by atoms with van der Waals surface area (Å²) >= 11 is 0. The minimum absolute atomic E-state index is 0.828. The number of fused-ring (bicyclic) bond motifs is 4. The molecule has 0 fully saturated rings. The predicted molar refractivity (Wildman–Crippen MR) is 231 cm³/mol. The summed E-state index contributed by atoms with van der Waals surface area (Å²) in [6.45, 7) is 0. The van der Waals surface area contributed by atoms with Crippen LogP contribution in [0.2, 0.25) is 0 Å². The van der Waals surface area contributed by atoms with E-state index >= 15 is 0 Å². The maximum atomic E-state index is 6.80. The molecule has 9 aromatic carbocycles. The van der Waals surface area contributed by atoms with Gasteiger partial charge in [0.05, 0.1) is 22.4 Å². The monoisotopic (exact) mass is 704 g/mol. The summed E-state index contributed by atoms with van der Waals surface area (Å²) in [5, 5.41) is 4.43. The third-order valence-electron chi connectivity index (χ3n) is 10.4. The second-order valence-electron chi connectivity index (χ2n) is 13.7. The molecule has 3 heteroatoms. The van der Waals surface area contributed by atoms with Crippen molar-refractivity contribution in [1.82, 2.24) is 0 Å². The van der Waals surface area contributed by atoms with Crippen LogP contribution in [0, 0.1) is 0 Å². The molecule has 0 saturated heterocycles. The van der Waals surface area contributed by atoms with E-state index in [1.54, 1.807) is 0 Å². The quantitative estimate of drug-likeness (QED) is 0.157. The van der Waals surface area contributed by atoms with Gasteiger partial charge in [0.15, 0.2) is 0 Å². The molecule has 0 amide bonds. The van der Waals surface area contributed by atoms with Gasteiger partial charge in [-0.3, -0.25) is 0 Å². The molecule has 0 radical (unpaired) electrons. The van der Waals surface area contributed by atoms with E-state index in [1.165, 1.54) is 16.5 Å². The minimum atomic E-state index is 0.828. The average molecular weight is 705 g/mol. The molecule has 260 valence electrons. The van der Waals surface area contributed by atoms with E-state index in [0.717, 1.165) is 72.6 Å². The Bertz CT molecular complexity index is 2900. The van der Waals surface area contributed by atoms with E-state index in [4.69, 9.17) is 4.42 Å². The number of benzene rings is 9. The third-order valence-corrected chi connectivity index (χ3v) is 10.4. The van der Waals surface area contributed by atoms with Crippen molar-refractivity contribution in [2.45, 2.75) is 0 Å². The molecule has 55 heavy (non-hydrogen) atoms. The molecule has 0 N–H and O–H groups in total. The number of furan rings is 1. The molecule has 1 aromatic heterocycles. The molecule has 10 rings (SSSR count). The van der Waals surface area contributed by atoms with Gasteiger partial charge in [0.1, 0.15) is 11.2 Å². The number of rotatable bonds is 8. The standard InChI is InChI=1S/C52H36N2O/c1-5-17-37(18-6-1)38-29-31-44(32-30-38)53(42-23-9-3-10-24-42)48-33-34-49-51(46-35-40-21-13-14-22-41(40)36-50(46)55-49)52(48)54(43-25-11-4-12-26-43)47-28-16-15-27-45(47)39-19-7-2-8-20-39/h1-36H. The lowest BCUT2D eigenvalue weighted by atomic mass is 9.99. The first-order chi connectivity index (χ1) is 27.3. The number of hydrogen-bond acceptors (Lipinski definition) is 3. The highest BCUT2D eigenvalue weighted by atomic mass is 16.3. The Morgan fingerprint density at radius 1 is 0.327 bits per heavy atom. The van der Waals surface area contributed by atoms with E-state index in [9.17, 15) is 0 Å². The SMILES string of the molecule is c1ccc(-c2ccc(N(c3ccccc3)c3ccc4oc5cc6ccccc6cc5c4c3N(c3ccccc3)c3ccccc3-c3ccccc3)cc2)cc1. The van der Waals surface area contributed by atoms with E-state index in [-0.39, 0.29) is 0 Å². The Kier molecular flexibility index (Phi) is 8.16. The molecule has 0 aliphatic carbocycles. The van der Waals surface area contributed by atoms with Crippen LogP contribution in [0.4, 0.5) is 34.1 Å². The summed E-state index contributed by atoms with van der Waals surface area (Å²) in [5.41, 5.74) is 12.6. The first-order valence-corrected chi connectivity index (χ1v) is 18.7. The van der Waals surface area contributed by atoms with Crippen LogP contribution in [-0.4, -0.2) is 0 Å². The summed E-state index contributed by atoms with van der Waals surface area (Å²) in [6, 6.07) is 77.5. The topological polar surface area (TPSA) is 19.6 Å². The largest absolute Gasteiger partial charge is 0.456 e. The molecule has 1 heterocycles. The maximum absolute atomic E-state index is 6.80. The number of anilines is 6. The molecule has 0 saturated carbocycles. The fourth-order valence-corrected chi connectivity index (χ4v) is 7.87. The first kappa shape index (κ1) is 32.3. The van der Waals surface area contributed by atoms with Gasteiger partial charge < -0.3 is 14.2 Å². The van der Waals surface area contributed by atoms with Crippen LogP contribution in [0.15, 0.2) is 223 Å². The molecule has 0 atom stereocenters. The lowest BCUT2D eigenvalue weighted by Crippen LogP contribution is -2.17. The van der Waals surface area contributed by atoms with Crippen LogP contribution < -0.4 is 9.80 Å². The fourth-order valence-electron chi connectivity index (χ4n) is 7.87. The van der Waals surface area contributed by atoms with E-state index < -0.39 is 0 Å². The van der Waals surface area contributed by atoms with Gasteiger partial charge >= 0.3 is 0 Å². The maximum Gasteiger partial charge on any atom is 0.137 e. The number of para-hydroxylation sites is 3. The fraction of sp³-hybridized carbons (Fsp3) is 0. The second-order valence-corrected chi connectivity index (χ2v) is 13.7. The zero-order valence-electron chi connectivity index (χ0n) is 30.1. The molecule has 10 aromatic rings. The lowest BCUT2D eigenvalue weighted by molar-refractivity contribution is 0.669. The van der Waals surface area contributed by atoms with Gasteiger partial charge in [-0.25, -0.2) is 0 Å². The van der Waals surface area contributed by atoms with Crippen LogP contribution in [0.25, 0.3) is 55.0 Å².